The molecule has 8 nitrogen and oxygen atoms in total. The Kier molecular flexibility index (Phi) is 3.99. The predicted molar refractivity (Wildman–Crippen MR) is 77.5 cm³/mol. The molecule has 2 heterocycles. The highest BCUT2D eigenvalue weighted by Gasteiger charge is 2.31. The van der Waals surface area contributed by atoms with Crippen molar-refractivity contribution in [1.29, 1.82) is 0 Å². The largest absolute Gasteiger partial charge is 0.419 e. The Morgan fingerprint density at radius 2 is 2.04 bits per heavy atom. The Balaban J connectivity index is 1.85. The lowest BCUT2D eigenvalue weighted by molar-refractivity contribution is -0.389. The van der Waals surface area contributed by atoms with E-state index in [-0.39, 0.29) is 29.7 Å². The Morgan fingerprint density at radius 3 is 2.68 bits per heavy atom. The zero-order valence-electron chi connectivity index (χ0n) is 12.7. The van der Waals surface area contributed by atoms with E-state index in [2.05, 4.69) is 15.3 Å². The lowest BCUT2D eigenvalue weighted by atomic mass is 10.1. The Labute approximate surface area is 138 Å². The second-order valence-electron chi connectivity index (χ2n) is 5.14. The van der Waals surface area contributed by atoms with Crippen LogP contribution in [-0.4, -0.2) is 24.9 Å². The van der Waals surface area contributed by atoms with Gasteiger partial charge in [-0.15, -0.1) is 10.2 Å². The molecule has 130 valence electrons. The van der Waals surface area contributed by atoms with Gasteiger partial charge in [0.25, 0.3) is 0 Å². The summed E-state index contributed by atoms with van der Waals surface area (Å²) in [6.07, 6.45) is -4.48. The molecule has 0 saturated carbocycles. The van der Waals surface area contributed by atoms with Gasteiger partial charge in [-0.05, 0) is 30.0 Å². The van der Waals surface area contributed by atoms with Gasteiger partial charge in [-0.2, -0.15) is 17.9 Å². The van der Waals surface area contributed by atoms with Crippen LogP contribution in [0.3, 0.4) is 0 Å². The monoisotopic (exact) mass is 353 g/mol. The van der Waals surface area contributed by atoms with E-state index in [0.29, 0.717) is 5.69 Å². The first-order valence-electron chi connectivity index (χ1n) is 6.93. The van der Waals surface area contributed by atoms with Crippen molar-refractivity contribution in [1.82, 2.24) is 20.0 Å². The van der Waals surface area contributed by atoms with E-state index in [9.17, 15) is 23.3 Å². The van der Waals surface area contributed by atoms with Gasteiger partial charge in [0, 0.05) is 5.56 Å². The maximum absolute atomic E-state index is 12.8. The molecule has 3 aromatic rings. The van der Waals surface area contributed by atoms with Gasteiger partial charge in [0.15, 0.2) is 0 Å². The molecule has 0 unspecified atom stereocenters. The quantitative estimate of drug-likeness (QED) is 0.527. The number of rotatable bonds is 4. The molecule has 0 fully saturated rings. The summed E-state index contributed by atoms with van der Waals surface area (Å²) in [4.78, 5) is 10.1. The summed E-state index contributed by atoms with van der Waals surface area (Å²) in [6.45, 7) is 1.58. The predicted octanol–water partition coefficient (Wildman–Crippen LogP) is 3.22. The summed E-state index contributed by atoms with van der Waals surface area (Å²) in [5.74, 6) is -0.343. The number of nitro groups is 1. The minimum Gasteiger partial charge on any atom is -0.419 e. The summed E-state index contributed by atoms with van der Waals surface area (Å²) in [6, 6.07) is 5.78. The second-order valence-corrected chi connectivity index (χ2v) is 5.14. The van der Waals surface area contributed by atoms with E-state index >= 15 is 0 Å². The van der Waals surface area contributed by atoms with E-state index in [0.717, 1.165) is 12.1 Å². The highest BCUT2D eigenvalue weighted by atomic mass is 19.4. The third-order valence-corrected chi connectivity index (χ3v) is 3.34. The third kappa shape index (κ3) is 3.49. The molecule has 0 aliphatic heterocycles. The highest BCUT2D eigenvalue weighted by molar-refractivity contribution is 5.54. The molecule has 11 heteroatoms. The van der Waals surface area contributed by atoms with Crippen LogP contribution in [0.1, 0.15) is 17.1 Å². The molecule has 0 aliphatic carbocycles. The molecule has 0 spiro atoms. The van der Waals surface area contributed by atoms with Crippen LogP contribution in [0.5, 0.6) is 0 Å². The Bertz CT molecular complexity index is 932. The summed E-state index contributed by atoms with van der Waals surface area (Å²) in [5, 5.41) is 21.9. The second kappa shape index (κ2) is 6.00. The van der Waals surface area contributed by atoms with Crippen LogP contribution in [0, 0.1) is 17.0 Å². The van der Waals surface area contributed by atoms with Crippen LogP contribution in [0.25, 0.3) is 11.5 Å². The fourth-order valence-electron chi connectivity index (χ4n) is 2.13. The molecule has 0 N–H and O–H groups in total. The summed E-state index contributed by atoms with van der Waals surface area (Å²) in [7, 11) is 0. The first kappa shape index (κ1) is 16.6. The molecule has 25 heavy (non-hydrogen) atoms. The summed E-state index contributed by atoms with van der Waals surface area (Å²) < 4.78 is 44.9. The number of nitrogens with zero attached hydrogens (tertiary/aromatic N) is 5. The Morgan fingerprint density at radius 1 is 1.28 bits per heavy atom. The zero-order chi connectivity index (χ0) is 18.2. The van der Waals surface area contributed by atoms with Crippen molar-refractivity contribution in [2.75, 3.05) is 0 Å². The van der Waals surface area contributed by atoms with Gasteiger partial charge in [-0.25, -0.2) is 0 Å². The van der Waals surface area contributed by atoms with Gasteiger partial charge < -0.3 is 14.5 Å². The molecule has 0 amide bonds. The van der Waals surface area contributed by atoms with Crippen molar-refractivity contribution in [2.45, 2.75) is 19.6 Å². The standard InChI is InChI=1S/C14H10F3N5O3/c1-8-5-11(22(23)24)20-21(8)7-12-18-19-13(25-12)9-3-2-4-10(6-9)14(15,16)17/h2-6H,7H2,1H3. The number of hydrogen-bond donors (Lipinski definition) is 0. The maximum atomic E-state index is 12.8. The molecule has 0 saturated heterocycles. The molecule has 0 aliphatic rings. The third-order valence-electron chi connectivity index (χ3n) is 3.34. The molecular formula is C14H10F3N5O3. The molecule has 3 rings (SSSR count). The van der Waals surface area contributed by atoms with Crippen LogP contribution in [-0.2, 0) is 12.7 Å². The molecule has 0 bridgehead atoms. The fourth-order valence-corrected chi connectivity index (χ4v) is 2.13. The number of halogens is 3. The van der Waals surface area contributed by atoms with Gasteiger partial charge in [0.05, 0.1) is 22.4 Å². The van der Waals surface area contributed by atoms with E-state index in [1.54, 1.807) is 6.92 Å². The number of benzene rings is 1. The van der Waals surface area contributed by atoms with Crippen LogP contribution in [0.15, 0.2) is 34.7 Å². The number of aromatic nitrogens is 4. The zero-order valence-corrected chi connectivity index (χ0v) is 12.7. The van der Waals surface area contributed by atoms with Gasteiger partial charge in [0.1, 0.15) is 6.54 Å². The van der Waals surface area contributed by atoms with Crippen LogP contribution in [0.2, 0.25) is 0 Å². The van der Waals surface area contributed by atoms with Crippen LogP contribution >= 0.6 is 0 Å². The summed E-state index contributed by atoms with van der Waals surface area (Å²) in [5.41, 5.74) is -0.203. The van der Waals surface area contributed by atoms with Crippen molar-refractivity contribution in [3.8, 4) is 11.5 Å². The van der Waals surface area contributed by atoms with Crippen molar-refractivity contribution in [3.05, 3.63) is 57.6 Å². The number of aryl methyl sites for hydroxylation is 1. The topological polar surface area (TPSA) is 99.9 Å². The molecule has 1 aromatic carbocycles. The van der Waals surface area contributed by atoms with Crippen molar-refractivity contribution < 1.29 is 22.5 Å². The van der Waals surface area contributed by atoms with Gasteiger partial charge in [-0.3, -0.25) is 0 Å². The minimum atomic E-state index is -4.48. The molecular weight excluding hydrogens is 343 g/mol. The normalized spacial score (nSPS) is 11.7. The van der Waals surface area contributed by atoms with Crippen LogP contribution in [0.4, 0.5) is 19.0 Å². The smallest absolute Gasteiger partial charge is 0.416 e. The average Bonchev–Trinajstić information content (AvgIpc) is 3.15. The fraction of sp³-hybridized carbons (Fsp3) is 0.214. The SMILES string of the molecule is Cc1cc([N+](=O)[O-])nn1Cc1nnc(-c2cccc(C(F)(F)F)c2)o1. The van der Waals surface area contributed by atoms with Crippen LogP contribution < -0.4 is 0 Å². The summed E-state index contributed by atoms with van der Waals surface area (Å²) >= 11 is 0. The van der Waals surface area contributed by atoms with Gasteiger partial charge in [0.2, 0.25) is 11.8 Å². The van der Waals surface area contributed by atoms with E-state index < -0.39 is 16.7 Å². The van der Waals surface area contributed by atoms with Crippen molar-refractivity contribution >= 4 is 5.82 Å². The van der Waals surface area contributed by atoms with E-state index in [1.807, 2.05) is 0 Å². The first-order chi connectivity index (χ1) is 11.7. The molecule has 0 atom stereocenters. The molecule has 2 aromatic heterocycles. The van der Waals surface area contributed by atoms with Gasteiger partial charge >= 0.3 is 12.0 Å². The van der Waals surface area contributed by atoms with Gasteiger partial charge in [-0.1, -0.05) is 6.07 Å². The minimum absolute atomic E-state index is 0.0361. The lowest BCUT2D eigenvalue weighted by Gasteiger charge is -2.06. The van der Waals surface area contributed by atoms with Crippen molar-refractivity contribution in [3.63, 3.8) is 0 Å². The lowest BCUT2D eigenvalue weighted by Crippen LogP contribution is -2.04. The number of alkyl halides is 3. The maximum Gasteiger partial charge on any atom is 0.416 e. The van der Waals surface area contributed by atoms with Crippen molar-refractivity contribution in [2.24, 2.45) is 0 Å². The average molecular weight is 353 g/mol. The highest BCUT2D eigenvalue weighted by Crippen LogP contribution is 2.31. The van der Waals surface area contributed by atoms with E-state index in [4.69, 9.17) is 4.42 Å². The first-order valence-corrected chi connectivity index (χ1v) is 6.93. The number of hydrogen-bond acceptors (Lipinski definition) is 6. The van der Waals surface area contributed by atoms with E-state index in [1.165, 1.54) is 22.9 Å². The Hall–Kier alpha value is -3.24. The molecule has 0 radical (unpaired) electrons.